The number of nitrogens with zero attached hydrogens (tertiary/aromatic N) is 4. The van der Waals surface area contributed by atoms with E-state index in [1.54, 1.807) is 0 Å². The molecule has 0 spiro atoms. The van der Waals surface area contributed by atoms with Gasteiger partial charge in [-0.1, -0.05) is 24.3 Å². The molecule has 0 saturated carbocycles. The van der Waals surface area contributed by atoms with E-state index in [-0.39, 0.29) is 0 Å². The van der Waals surface area contributed by atoms with E-state index < -0.39 is 0 Å². The minimum Gasteiger partial charge on any atom is -0.345 e. The minimum absolute atomic E-state index is 0.948. The molecular formula is C21H21N5. The monoisotopic (exact) mass is 343 g/mol. The Morgan fingerprint density at radius 1 is 1.08 bits per heavy atom. The molecule has 3 heterocycles. The van der Waals surface area contributed by atoms with Crippen molar-refractivity contribution in [2.45, 2.75) is 26.4 Å². The van der Waals surface area contributed by atoms with Crippen molar-refractivity contribution < 1.29 is 0 Å². The first-order valence-corrected chi connectivity index (χ1v) is 9.04. The lowest BCUT2D eigenvalue weighted by molar-refractivity contribution is 0.241. The summed E-state index contributed by atoms with van der Waals surface area (Å²) in [6, 6.07) is 17.0. The zero-order chi connectivity index (χ0) is 17.5. The van der Waals surface area contributed by atoms with Gasteiger partial charge in [-0.15, -0.1) is 0 Å². The van der Waals surface area contributed by atoms with Crippen LogP contribution in [0.2, 0.25) is 0 Å². The number of fused-ring (bicyclic) bond motifs is 2. The molecule has 5 nitrogen and oxygen atoms in total. The van der Waals surface area contributed by atoms with E-state index >= 15 is 0 Å². The summed E-state index contributed by atoms with van der Waals surface area (Å²) in [7, 11) is 0. The number of benzene rings is 2. The van der Waals surface area contributed by atoms with Gasteiger partial charge in [0.1, 0.15) is 12.2 Å². The molecule has 5 rings (SSSR count). The SMILES string of the molecule is Cc1nc2c([nH]1)CN(Cc1ccc(-n3cnc4ccccc43)cc1)CC2. The molecule has 2 aromatic carbocycles. The van der Waals surface area contributed by atoms with Gasteiger partial charge >= 0.3 is 0 Å². The average molecular weight is 343 g/mol. The minimum atomic E-state index is 0.948. The van der Waals surface area contributed by atoms with E-state index in [1.807, 2.05) is 25.4 Å². The molecule has 0 aliphatic carbocycles. The quantitative estimate of drug-likeness (QED) is 0.618. The van der Waals surface area contributed by atoms with Gasteiger partial charge in [0.05, 0.1) is 22.4 Å². The molecule has 0 bridgehead atoms. The molecule has 4 aromatic rings. The van der Waals surface area contributed by atoms with E-state index in [9.17, 15) is 0 Å². The van der Waals surface area contributed by atoms with Crippen LogP contribution in [0.3, 0.4) is 0 Å². The fraction of sp³-hybridized carbons (Fsp3) is 0.238. The first-order valence-electron chi connectivity index (χ1n) is 9.04. The van der Waals surface area contributed by atoms with Crippen molar-refractivity contribution in [2.24, 2.45) is 0 Å². The predicted octanol–water partition coefficient (Wildman–Crippen LogP) is 3.62. The topological polar surface area (TPSA) is 49.7 Å². The fourth-order valence-electron chi connectivity index (χ4n) is 3.81. The number of aromatic nitrogens is 4. The van der Waals surface area contributed by atoms with Crippen LogP contribution in [0.25, 0.3) is 16.7 Å². The molecule has 0 amide bonds. The molecular weight excluding hydrogens is 322 g/mol. The molecule has 1 N–H and O–H groups in total. The molecule has 26 heavy (non-hydrogen) atoms. The van der Waals surface area contributed by atoms with Crippen LogP contribution < -0.4 is 0 Å². The molecule has 0 saturated heterocycles. The summed E-state index contributed by atoms with van der Waals surface area (Å²) in [4.78, 5) is 14.9. The number of hydrogen-bond acceptors (Lipinski definition) is 3. The Bertz CT molecular complexity index is 1060. The van der Waals surface area contributed by atoms with Crippen molar-refractivity contribution in [3.8, 4) is 5.69 Å². The third-order valence-electron chi connectivity index (χ3n) is 5.10. The maximum Gasteiger partial charge on any atom is 0.103 e. The third-order valence-corrected chi connectivity index (χ3v) is 5.10. The van der Waals surface area contributed by atoms with Crippen molar-refractivity contribution in [1.29, 1.82) is 0 Å². The number of rotatable bonds is 3. The van der Waals surface area contributed by atoms with Crippen LogP contribution in [-0.2, 0) is 19.5 Å². The molecule has 0 unspecified atom stereocenters. The van der Waals surface area contributed by atoms with Crippen molar-refractivity contribution in [3.05, 3.63) is 77.6 Å². The van der Waals surface area contributed by atoms with Gasteiger partial charge in [0, 0.05) is 31.7 Å². The number of nitrogens with one attached hydrogen (secondary N) is 1. The fourth-order valence-corrected chi connectivity index (χ4v) is 3.81. The van der Waals surface area contributed by atoms with Gasteiger partial charge in [0.2, 0.25) is 0 Å². The lowest BCUT2D eigenvalue weighted by Gasteiger charge is -2.26. The Balaban J connectivity index is 1.34. The highest BCUT2D eigenvalue weighted by Crippen LogP contribution is 2.21. The Kier molecular flexibility index (Phi) is 3.60. The van der Waals surface area contributed by atoms with Gasteiger partial charge in [-0.05, 0) is 36.8 Å². The molecule has 5 heteroatoms. The third kappa shape index (κ3) is 2.70. The Morgan fingerprint density at radius 2 is 1.92 bits per heavy atom. The average Bonchev–Trinajstić information content (AvgIpc) is 3.24. The second kappa shape index (κ2) is 6.11. The van der Waals surface area contributed by atoms with Gasteiger partial charge in [0.15, 0.2) is 0 Å². The van der Waals surface area contributed by atoms with Crippen LogP contribution in [0.1, 0.15) is 22.8 Å². The number of aryl methyl sites for hydroxylation is 1. The number of imidazole rings is 2. The smallest absolute Gasteiger partial charge is 0.103 e. The Hall–Kier alpha value is -2.92. The van der Waals surface area contributed by atoms with Gasteiger partial charge < -0.3 is 4.98 Å². The van der Waals surface area contributed by atoms with Crippen molar-refractivity contribution in [2.75, 3.05) is 6.54 Å². The molecule has 2 aromatic heterocycles. The van der Waals surface area contributed by atoms with Crippen LogP contribution in [0.5, 0.6) is 0 Å². The van der Waals surface area contributed by atoms with Crippen molar-refractivity contribution >= 4 is 11.0 Å². The first-order chi connectivity index (χ1) is 12.8. The lowest BCUT2D eigenvalue weighted by atomic mass is 10.1. The lowest BCUT2D eigenvalue weighted by Crippen LogP contribution is -2.30. The summed E-state index contributed by atoms with van der Waals surface area (Å²) in [6.45, 7) is 5.00. The molecule has 1 aliphatic rings. The van der Waals surface area contributed by atoms with E-state index in [0.717, 1.165) is 48.6 Å². The molecule has 0 atom stereocenters. The zero-order valence-corrected chi connectivity index (χ0v) is 14.8. The van der Waals surface area contributed by atoms with Crippen LogP contribution in [0, 0.1) is 6.92 Å². The molecule has 1 aliphatic heterocycles. The summed E-state index contributed by atoms with van der Waals surface area (Å²) in [6.07, 6.45) is 2.92. The standard InChI is InChI=1S/C21H21N5/c1-15-23-18-10-11-25(13-20(18)24-15)12-16-6-8-17(9-7-16)26-14-22-19-4-2-3-5-21(19)26/h2-9,14H,10-13H2,1H3,(H,23,24). The van der Waals surface area contributed by atoms with Crippen LogP contribution in [-0.4, -0.2) is 31.0 Å². The van der Waals surface area contributed by atoms with E-state index in [1.165, 1.54) is 17.0 Å². The van der Waals surface area contributed by atoms with Crippen LogP contribution >= 0.6 is 0 Å². The predicted molar refractivity (Wildman–Crippen MR) is 102 cm³/mol. The van der Waals surface area contributed by atoms with Crippen molar-refractivity contribution in [3.63, 3.8) is 0 Å². The zero-order valence-electron chi connectivity index (χ0n) is 14.8. The van der Waals surface area contributed by atoms with Gasteiger partial charge in [-0.25, -0.2) is 9.97 Å². The number of para-hydroxylation sites is 2. The number of H-pyrrole nitrogens is 1. The number of hydrogen-bond donors (Lipinski definition) is 1. The van der Waals surface area contributed by atoms with E-state index in [2.05, 4.69) is 60.8 Å². The summed E-state index contributed by atoms with van der Waals surface area (Å²) in [5.74, 6) is 1.02. The summed E-state index contributed by atoms with van der Waals surface area (Å²) >= 11 is 0. The van der Waals surface area contributed by atoms with Gasteiger partial charge in [0.25, 0.3) is 0 Å². The Labute approximate surface area is 152 Å². The van der Waals surface area contributed by atoms with Crippen LogP contribution in [0.15, 0.2) is 54.9 Å². The summed E-state index contributed by atoms with van der Waals surface area (Å²) < 4.78 is 2.14. The van der Waals surface area contributed by atoms with Gasteiger partial charge in [-0.2, -0.15) is 0 Å². The largest absolute Gasteiger partial charge is 0.345 e. The summed E-state index contributed by atoms with van der Waals surface area (Å²) in [5.41, 5.74) is 7.15. The highest BCUT2D eigenvalue weighted by atomic mass is 15.2. The molecule has 0 radical (unpaired) electrons. The molecule has 0 fully saturated rings. The second-order valence-corrected chi connectivity index (χ2v) is 6.98. The second-order valence-electron chi connectivity index (χ2n) is 6.98. The Morgan fingerprint density at radius 3 is 2.81 bits per heavy atom. The maximum absolute atomic E-state index is 4.57. The number of aromatic amines is 1. The highest BCUT2D eigenvalue weighted by Gasteiger charge is 2.19. The highest BCUT2D eigenvalue weighted by molar-refractivity contribution is 5.77. The van der Waals surface area contributed by atoms with Gasteiger partial charge in [-0.3, -0.25) is 9.47 Å². The van der Waals surface area contributed by atoms with Crippen LogP contribution in [0.4, 0.5) is 0 Å². The maximum atomic E-state index is 4.57. The van der Waals surface area contributed by atoms with Crippen molar-refractivity contribution in [1.82, 2.24) is 24.4 Å². The summed E-state index contributed by atoms with van der Waals surface area (Å²) in [5, 5.41) is 0. The molecule has 130 valence electrons. The van der Waals surface area contributed by atoms with E-state index in [4.69, 9.17) is 0 Å². The normalized spacial score (nSPS) is 14.7. The first kappa shape index (κ1) is 15.3. The van der Waals surface area contributed by atoms with E-state index in [0.29, 0.717) is 0 Å².